The molecule has 0 radical (unpaired) electrons. The van der Waals surface area contributed by atoms with E-state index in [1.54, 1.807) is 17.9 Å². The highest BCUT2D eigenvalue weighted by molar-refractivity contribution is 6.30. The lowest BCUT2D eigenvalue weighted by Crippen LogP contribution is -2.59. The maximum atomic E-state index is 14.1. The fourth-order valence-electron chi connectivity index (χ4n) is 4.91. The Hall–Kier alpha value is -2.30. The van der Waals surface area contributed by atoms with Crippen LogP contribution in [0.15, 0.2) is 61.2 Å². The van der Waals surface area contributed by atoms with Crippen LogP contribution in [-0.4, -0.2) is 28.3 Å². The van der Waals surface area contributed by atoms with Crippen LogP contribution in [0.3, 0.4) is 0 Å². The third-order valence-corrected chi connectivity index (χ3v) is 6.97. The Bertz CT molecular complexity index is 1060. The van der Waals surface area contributed by atoms with E-state index in [1.807, 2.05) is 76.2 Å². The van der Waals surface area contributed by atoms with Gasteiger partial charge in [0, 0.05) is 21.5 Å². The van der Waals surface area contributed by atoms with E-state index in [1.165, 1.54) is 0 Å². The second-order valence-corrected chi connectivity index (χ2v) is 11.4. The van der Waals surface area contributed by atoms with Crippen LogP contribution in [-0.2, 0) is 9.59 Å². The van der Waals surface area contributed by atoms with Gasteiger partial charge in [0.25, 0.3) is 0 Å². The lowest BCUT2D eigenvalue weighted by molar-refractivity contribution is -0.158. The van der Waals surface area contributed by atoms with E-state index in [-0.39, 0.29) is 23.8 Å². The number of nitrogens with zero attached hydrogens (tertiary/aromatic N) is 1. The Labute approximate surface area is 213 Å². The van der Waals surface area contributed by atoms with Gasteiger partial charge in [0.15, 0.2) is 0 Å². The summed E-state index contributed by atoms with van der Waals surface area (Å²) in [5.41, 5.74) is 0.840. The number of carbonyl (C=O) groups excluding carboxylic acids is 2. The molecule has 2 aromatic carbocycles. The second-order valence-electron chi connectivity index (χ2n) is 10.5. The van der Waals surface area contributed by atoms with Crippen LogP contribution in [0, 0.1) is 5.41 Å². The van der Waals surface area contributed by atoms with Crippen LogP contribution in [0.5, 0.6) is 0 Å². The van der Waals surface area contributed by atoms with Gasteiger partial charge in [0.1, 0.15) is 6.04 Å². The Balaban J connectivity index is 2.20. The van der Waals surface area contributed by atoms with Crippen molar-refractivity contribution in [2.75, 3.05) is 0 Å². The van der Waals surface area contributed by atoms with Gasteiger partial charge in [-0.05, 0) is 75.9 Å². The highest BCUT2D eigenvalue weighted by atomic mass is 35.5. The van der Waals surface area contributed by atoms with Gasteiger partial charge in [-0.25, -0.2) is 0 Å². The summed E-state index contributed by atoms with van der Waals surface area (Å²) < 4.78 is 0. The van der Waals surface area contributed by atoms with Gasteiger partial charge in [-0.2, -0.15) is 0 Å². The molecule has 0 aliphatic carbocycles. The number of hydrogen-bond acceptors (Lipinski definition) is 2. The predicted molar refractivity (Wildman–Crippen MR) is 140 cm³/mol. The molecule has 4 nitrogen and oxygen atoms in total. The Kier molecular flexibility index (Phi) is 7.84. The summed E-state index contributed by atoms with van der Waals surface area (Å²) >= 11 is 12.6. The van der Waals surface area contributed by atoms with Crippen molar-refractivity contribution in [1.29, 1.82) is 0 Å². The number of rotatable bonds is 6. The van der Waals surface area contributed by atoms with Crippen molar-refractivity contribution in [2.45, 2.75) is 71.0 Å². The molecule has 1 saturated heterocycles. The predicted octanol–water partition coefficient (Wildman–Crippen LogP) is 6.94. The van der Waals surface area contributed by atoms with Gasteiger partial charge < -0.3 is 10.2 Å². The summed E-state index contributed by atoms with van der Waals surface area (Å²) in [6, 6.07) is 14.3. The number of nitrogens with one attached hydrogen (secondary N) is 1. The zero-order chi connectivity index (χ0) is 25.3. The molecule has 2 aromatic rings. The van der Waals surface area contributed by atoms with Crippen molar-refractivity contribution < 1.29 is 9.59 Å². The van der Waals surface area contributed by atoms with Crippen LogP contribution in [0.25, 0.3) is 0 Å². The number of halogens is 2. The van der Waals surface area contributed by atoms with Crippen molar-refractivity contribution in [3.8, 4) is 0 Å². The lowest BCUT2D eigenvalue weighted by atomic mass is 9.67. The summed E-state index contributed by atoms with van der Waals surface area (Å²) in [4.78, 5) is 29.2. The number of likely N-dealkylation sites (tertiary alicyclic amines) is 1. The topological polar surface area (TPSA) is 49.4 Å². The second kappa shape index (κ2) is 10.1. The first-order valence-electron chi connectivity index (χ1n) is 11.6. The average Bonchev–Trinajstić information content (AvgIpc) is 2.74. The van der Waals surface area contributed by atoms with Gasteiger partial charge >= 0.3 is 0 Å². The SMILES string of the molecule is C=CC[C@@]1(C)C[C@H](c2cccc(Cl)c2)[C@@H](c2ccc(Cl)cc2)N(C(C)C(=O)NC(C)(C)C)C1=O. The minimum absolute atomic E-state index is 0.0535. The van der Waals surface area contributed by atoms with E-state index < -0.39 is 17.0 Å². The van der Waals surface area contributed by atoms with Gasteiger partial charge in [-0.15, -0.1) is 6.58 Å². The minimum atomic E-state index is -0.700. The first kappa shape index (κ1) is 26.3. The maximum Gasteiger partial charge on any atom is 0.242 e. The summed E-state index contributed by atoms with van der Waals surface area (Å²) in [5.74, 6) is -0.317. The van der Waals surface area contributed by atoms with Crippen LogP contribution < -0.4 is 5.32 Å². The van der Waals surface area contributed by atoms with E-state index >= 15 is 0 Å². The molecule has 1 aliphatic rings. The molecule has 0 bridgehead atoms. The molecule has 6 heteroatoms. The summed E-state index contributed by atoms with van der Waals surface area (Å²) in [6.07, 6.45) is 2.91. The number of hydrogen-bond donors (Lipinski definition) is 1. The normalized spacial score (nSPS) is 24.0. The van der Waals surface area contributed by atoms with E-state index in [2.05, 4.69) is 11.9 Å². The van der Waals surface area contributed by atoms with Crippen molar-refractivity contribution in [1.82, 2.24) is 10.2 Å². The maximum absolute atomic E-state index is 14.1. The molecule has 3 rings (SSSR count). The first-order chi connectivity index (χ1) is 15.9. The van der Waals surface area contributed by atoms with E-state index in [4.69, 9.17) is 23.2 Å². The first-order valence-corrected chi connectivity index (χ1v) is 12.4. The Morgan fingerprint density at radius 3 is 2.38 bits per heavy atom. The molecule has 1 unspecified atom stereocenters. The standard InChI is InChI=1S/C28H34Cl2N2O2/c1-7-15-28(6)17-23(20-9-8-10-22(30)16-20)24(19-11-13-21(29)14-12-19)32(26(28)34)18(2)25(33)31-27(3,4)5/h7-14,16,18,23-24H,1,15,17H2,2-6H3,(H,31,33)/t18?,23-,24-,28+/m1/s1. The average molecular weight is 501 g/mol. The minimum Gasteiger partial charge on any atom is -0.350 e. The fourth-order valence-corrected chi connectivity index (χ4v) is 5.24. The molecule has 0 saturated carbocycles. The lowest BCUT2D eigenvalue weighted by Gasteiger charge is -2.51. The summed E-state index contributed by atoms with van der Waals surface area (Å²) in [6.45, 7) is 13.5. The molecule has 1 N–H and O–H groups in total. The molecule has 1 fully saturated rings. The molecule has 34 heavy (non-hydrogen) atoms. The van der Waals surface area contributed by atoms with Gasteiger partial charge in [-0.1, -0.05) is 60.5 Å². The van der Waals surface area contributed by atoms with E-state index in [9.17, 15) is 9.59 Å². The summed E-state index contributed by atoms with van der Waals surface area (Å²) in [5, 5.41) is 4.30. The number of amides is 2. The van der Waals surface area contributed by atoms with Crippen molar-refractivity contribution >= 4 is 35.0 Å². The molecule has 1 heterocycles. The number of benzene rings is 2. The molecular weight excluding hydrogens is 467 g/mol. The van der Waals surface area contributed by atoms with Gasteiger partial charge in [0.2, 0.25) is 11.8 Å². The Morgan fingerprint density at radius 2 is 1.82 bits per heavy atom. The van der Waals surface area contributed by atoms with Gasteiger partial charge in [-0.3, -0.25) is 9.59 Å². The van der Waals surface area contributed by atoms with Crippen molar-refractivity contribution in [3.63, 3.8) is 0 Å². The van der Waals surface area contributed by atoms with Gasteiger partial charge in [0.05, 0.1) is 11.5 Å². The van der Waals surface area contributed by atoms with E-state index in [0.29, 0.717) is 22.9 Å². The molecule has 2 amide bonds. The van der Waals surface area contributed by atoms with Crippen LogP contribution in [0.2, 0.25) is 10.0 Å². The number of carbonyl (C=O) groups is 2. The van der Waals surface area contributed by atoms with Crippen LogP contribution in [0.1, 0.15) is 70.5 Å². The smallest absolute Gasteiger partial charge is 0.242 e. The zero-order valence-electron chi connectivity index (χ0n) is 20.6. The molecular formula is C28H34Cl2N2O2. The monoisotopic (exact) mass is 500 g/mol. The van der Waals surface area contributed by atoms with Crippen LogP contribution >= 0.6 is 23.2 Å². The highest BCUT2D eigenvalue weighted by Crippen LogP contribution is 2.52. The number of allylic oxidation sites excluding steroid dienone is 1. The quantitative estimate of drug-likeness (QED) is 0.436. The molecule has 4 atom stereocenters. The zero-order valence-corrected chi connectivity index (χ0v) is 22.1. The third kappa shape index (κ3) is 5.67. The largest absolute Gasteiger partial charge is 0.350 e. The third-order valence-electron chi connectivity index (χ3n) is 6.48. The molecule has 0 aromatic heterocycles. The fraction of sp³-hybridized carbons (Fsp3) is 0.429. The highest BCUT2D eigenvalue weighted by Gasteiger charge is 2.51. The summed E-state index contributed by atoms with van der Waals surface area (Å²) in [7, 11) is 0. The van der Waals surface area contributed by atoms with E-state index in [0.717, 1.165) is 11.1 Å². The van der Waals surface area contributed by atoms with Crippen molar-refractivity contribution in [2.24, 2.45) is 5.41 Å². The number of piperidine rings is 1. The molecule has 0 spiro atoms. The Morgan fingerprint density at radius 1 is 1.18 bits per heavy atom. The van der Waals surface area contributed by atoms with Crippen LogP contribution in [0.4, 0.5) is 0 Å². The molecule has 1 aliphatic heterocycles. The van der Waals surface area contributed by atoms with Crippen molar-refractivity contribution in [3.05, 3.63) is 82.4 Å². The molecule has 182 valence electrons.